The van der Waals surface area contributed by atoms with Gasteiger partial charge in [0.25, 0.3) is 5.91 Å². The Morgan fingerprint density at radius 1 is 1.35 bits per heavy atom. The third kappa shape index (κ3) is 5.15. The van der Waals surface area contributed by atoms with Gasteiger partial charge in [-0.3, -0.25) is 9.10 Å². The summed E-state index contributed by atoms with van der Waals surface area (Å²) < 4.78 is 25.5. The highest BCUT2D eigenvalue weighted by atomic mass is 79.9. The summed E-state index contributed by atoms with van der Waals surface area (Å²) in [4.78, 5) is 12.9. The first-order chi connectivity index (χ1) is 10.9. The lowest BCUT2D eigenvalue weighted by molar-refractivity contribution is -0.119. The number of sulfonamides is 1. The van der Waals surface area contributed by atoms with Crippen molar-refractivity contribution in [1.29, 1.82) is 0 Å². The van der Waals surface area contributed by atoms with Crippen molar-refractivity contribution < 1.29 is 13.2 Å². The van der Waals surface area contributed by atoms with Gasteiger partial charge in [0.15, 0.2) is 0 Å². The molecule has 0 aliphatic rings. The van der Waals surface area contributed by atoms with Gasteiger partial charge in [0.05, 0.1) is 18.2 Å². The second kappa shape index (κ2) is 7.71. The largest absolute Gasteiger partial charge is 0.271 e. The molecule has 0 saturated carbocycles. The molecule has 2 rings (SSSR count). The maximum absolute atomic E-state index is 12.0. The zero-order valence-corrected chi connectivity index (χ0v) is 15.4. The number of nitrogens with zero attached hydrogens (tertiary/aromatic N) is 2. The van der Waals surface area contributed by atoms with E-state index in [9.17, 15) is 13.2 Å². The molecule has 1 aromatic heterocycles. The molecule has 0 fully saturated rings. The van der Waals surface area contributed by atoms with Crippen molar-refractivity contribution in [3.8, 4) is 0 Å². The molecule has 0 radical (unpaired) electrons. The van der Waals surface area contributed by atoms with E-state index >= 15 is 0 Å². The smallest absolute Gasteiger partial charge is 0.260 e. The zero-order chi connectivity index (χ0) is 16.9. The van der Waals surface area contributed by atoms with Crippen LogP contribution >= 0.6 is 27.3 Å². The van der Waals surface area contributed by atoms with Gasteiger partial charge in [-0.2, -0.15) is 5.10 Å². The summed E-state index contributed by atoms with van der Waals surface area (Å²) >= 11 is 4.77. The number of hydrogen-bond acceptors (Lipinski definition) is 5. The minimum Gasteiger partial charge on any atom is -0.271 e. The number of rotatable bonds is 6. The Bertz CT molecular complexity index is 804. The van der Waals surface area contributed by atoms with Crippen molar-refractivity contribution >= 4 is 55.1 Å². The number of nitrogens with one attached hydrogen (secondary N) is 1. The van der Waals surface area contributed by atoms with Gasteiger partial charge in [-0.15, -0.1) is 11.3 Å². The van der Waals surface area contributed by atoms with Crippen LogP contribution in [0.4, 0.5) is 5.69 Å². The molecule has 6 nitrogen and oxygen atoms in total. The SMILES string of the molecule is CS(=O)(=O)N(CC(=O)NN=Cc1cccs1)c1ccccc1Br. The van der Waals surface area contributed by atoms with Gasteiger partial charge in [0, 0.05) is 9.35 Å². The van der Waals surface area contributed by atoms with E-state index in [1.54, 1.807) is 24.3 Å². The molecule has 0 spiro atoms. The van der Waals surface area contributed by atoms with Crippen LogP contribution in [0.15, 0.2) is 51.4 Å². The fourth-order valence-corrected chi connectivity index (χ4v) is 3.80. The molecule has 122 valence electrons. The van der Waals surface area contributed by atoms with Crippen LogP contribution in [0.25, 0.3) is 0 Å². The average molecular weight is 416 g/mol. The van der Waals surface area contributed by atoms with E-state index < -0.39 is 15.9 Å². The highest BCUT2D eigenvalue weighted by molar-refractivity contribution is 9.10. The van der Waals surface area contributed by atoms with Crippen LogP contribution in [0.1, 0.15) is 4.88 Å². The fourth-order valence-electron chi connectivity index (χ4n) is 1.73. The Kier molecular flexibility index (Phi) is 5.91. The molecule has 1 N–H and O–H groups in total. The van der Waals surface area contributed by atoms with Crippen molar-refractivity contribution in [2.24, 2.45) is 5.10 Å². The predicted octanol–water partition coefficient (Wildman–Crippen LogP) is 2.43. The summed E-state index contributed by atoms with van der Waals surface area (Å²) in [7, 11) is -3.61. The number of hydrogen-bond donors (Lipinski definition) is 1. The summed E-state index contributed by atoms with van der Waals surface area (Å²) in [6.45, 7) is -0.358. The first kappa shape index (κ1) is 17.6. The van der Waals surface area contributed by atoms with E-state index in [0.717, 1.165) is 15.4 Å². The first-order valence-corrected chi connectivity index (χ1v) is 9.97. The van der Waals surface area contributed by atoms with Crippen molar-refractivity contribution in [3.05, 3.63) is 51.1 Å². The van der Waals surface area contributed by atoms with Gasteiger partial charge in [-0.1, -0.05) is 18.2 Å². The molecule has 1 amide bonds. The number of carbonyl (C=O) groups excluding carboxylic acids is 1. The van der Waals surface area contributed by atoms with Crippen LogP contribution in [0, 0.1) is 0 Å². The number of amides is 1. The topological polar surface area (TPSA) is 78.8 Å². The highest BCUT2D eigenvalue weighted by Crippen LogP contribution is 2.27. The summed E-state index contributed by atoms with van der Waals surface area (Å²) in [6, 6.07) is 10.5. The lowest BCUT2D eigenvalue weighted by Gasteiger charge is -2.22. The maximum Gasteiger partial charge on any atom is 0.260 e. The lowest BCUT2D eigenvalue weighted by atomic mass is 10.3. The number of anilines is 1. The molecule has 1 heterocycles. The second-order valence-electron chi connectivity index (χ2n) is 4.53. The van der Waals surface area contributed by atoms with Crippen LogP contribution in [0.3, 0.4) is 0 Å². The van der Waals surface area contributed by atoms with Crippen LogP contribution in [0.5, 0.6) is 0 Å². The van der Waals surface area contributed by atoms with E-state index in [1.807, 2.05) is 17.5 Å². The van der Waals surface area contributed by atoms with Gasteiger partial charge >= 0.3 is 0 Å². The van der Waals surface area contributed by atoms with Gasteiger partial charge in [-0.05, 0) is 39.5 Å². The Morgan fingerprint density at radius 2 is 2.09 bits per heavy atom. The summed E-state index contributed by atoms with van der Waals surface area (Å²) in [6.07, 6.45) is 2.56. The minimum absolute atomic E-state index is 0.358. The zero-order valence-electron chi connectivity index (χ0n) is 12.1. The van der Waals surface area contributed by atoms with E-state index in [1.165, 1.54) is 17.6 Å². The highest BCUT2D eigenvalue weighted by Gasteiger charge is 2.22. The Morgan fingerprint density at radius 3 is 2.70 bits per heavy atom. The molecule has 1 aromatic carbocycles. The van der Waals surface area contributed by atoms with Crippen molar-refractivity contribution in [2.75, 3.05) is 17.1 Å². The standard InChI is InChI=1S/C14H14BrN3O3S2/c1-23(20,21)18(13-7-3-2-6-12(13)15)10-14(19)17-16-9-11-5-4-8-22-11/h2-9H,10H2,1H3,(H,17,19). The monoisotopic (exact) mass is 415 g/mol. The van der Waals surface area contributed by atoms with Crippen LogP contribution < -0.4 is 9.73 Å². The lowest BCUT2D eigenvalue weighted by Crippen LogP contribution is -2.39. The van der Waals surface area contributed by atoms with Crippen LogP contribution in [0.2, 0.25) is 0 Å². The summed E-state index contributed by atoms with van der Waals surface area (Å²) in [5, 5.41) is 5.71. The van der Waals surface area contributed by atoms with Gasteiger partial charge in [-0.25, -0.2) is 13.8 Å². The summed E-state index contributed by atoms with van der Waals surface area (Å²) in [5.41, 5.74) is 2.72. The Labute approximate surface area is 147 Å². The van der Waals surface area contributed by atoms with Crippen LogP contribution in [-0.2, 0) is 14.8 Å². The van der Waals surface area contributed by atoms with Crippen molar-refractivity contribution in [2.45, 2.75) is 0 Å². The van der Waals surface area contributed by atoms with Crippen molar-refractivity contribution in [1.82, 2.24) is 5.43 Å². The second-order valence-corrected chi connectivity index (χ2v) is 8.27. The van der Waals surface area contributed by atoms with Gasteiger partial charge in [0.2, 0.25) is 10.0 Å². The van der Waals surface area contributed by atoms with E-state index in [2.05, 4.69) is 26.5 Å². The number of halogens is 1. The molecule has 0 saturated heterocycles. The molecular weight excluding hydrogens is 402 g/mol. The molecule has 0 unspecified atom stereocenters. The molecule has 2 aromatic rings. The van der Waals surface area contributed by atoms with Crippen LogP contribution in [-0.4, -0.2) is 33.3 Å². The number of benzene rings is 1. The first-order valence-electron chi connectivity index (χ1n) is 6.45. The minimum atomic E-state index is -3.61. The maximum atomic E-state index is 12.0. The van der Waals surface area contributed by atoms with Gasteiger partial charge < -0.3 is 0 Å². The molecule has 9 heteroatoms. The van der Waals surface area contributed by atoms with Gasteiger partial charge in [0.1, 0.15) is 6.54 Å². The third-order valence-electron chi connectivity index (χ3n) is 2.73. The number of hydrazone groups is 1. The normalized spacial score (nSPS) is 11.6. The predicted molar refractivity (Wildman–Crippen MR) is 96.4 cm³/mol. The van der Waals surface area contributed by atoms with E-state index in [0.29, 0.717) is 10.2 Å². The Balaban J connectivity index is 2.10. The van der Waals surface area contributed by atoms with E-state index in [-0.39, 0.29) is 6.54 Å². The number of carbonyl (C=O) groups is 1. The number of thiophene rings is 1. The Hall–Kier alpha value is -1.71. The van der Waals surface area contributed by atoms with Crippen molar-refractivity contribution in [3.63, 3.8) is 0 Å². The molecule has 0 bridgehead atoms. The quantitative estimate of drug-likeness (QED) is 0.580. The fraction of sp³-hybridized carbons (Fsp3) is 0.143. The molecule has 0 aliphatic carbocycles. The average Bonchev–Trinajstić information content (AvgIpc) is 2.98. The third-order valence-corrected chi connectivity index (χ3v) is 5.34. The molecular formula is C14H14BrN3O3S2. The molecule has 0 aliphatic heterocycles. The molecule has 0 atom stereocenters. The summed E-state index contributed by atoms with van der Waals surface area (Å²) in [5.74, 6) is -0.529. The number of para-hydroxylation sites is 1. The molecule has 23 heavy (non-hydrogen) atoms. The van der Waals surface area contributed by atoms with E-state index in [4.69, 9.17) is 0 Å².